The second-order valence-electron chi connectivity index (χ2n) is 7.29. The normalized spacial score (nSPS) is 14.9. The molecule has 1 saturated carbocycles. The van der Waals surface area contributed by atoms with Gasteiger partial charge in [-0.05, 0) is 43.0 Å². The lowest BCUT2D eigenvalue weighted by atomic mass is 10.0. The standard InChI is InChI=1S/C22H21N5O/c1-26-22(23-13-25-26)21(17-7-8-17)27-14-24-19(15-5-3-2-4-6-15)20(27)16-9-11-18(28)12-10-16/h2-6,9-14,17,21,28H,7-8H2,1H3. The highest BCUT2D eigenvalue weighted by molar-refractivity contribution is 5.79. The van der Waals surface area contributed by atoms with E-state index in [0.717, 1.165) is 28.3 Å². The van der Waals surface area contributed by atoms with Gasteiger partial charge >= 0.3 is 0 Å². The Morgan fingerprint density at radius 1 is 0.964 bits per heavy atom. The Balaban J connectivity index is 1.73. The first-order chi connectivity index (χ1) is 13.7. The zero-order valence-corrected chi connectivity index (χ0v) is 15.6. The Hall–Kier alpha value is -3.41. The first-order valence-corrected chi connectivity index (χ1v) is 9.48. The second-order valence-corrected chi connectivity index (χ2v) is 7.29. The van der Waals surface area contributed by atoms with Crippen LogP contribution in [0.2, 0.25) is 0 Å². The first-order valence-electron chi connectivity index (χ1n) is 9.48. The quantitative estimate of drug-likeness (QED) is 0.575. The molecule has 2 aromatic carbocycles. The van der Waals surface area contributed by atoms with Crippen molar-refractivity contribution in [2.24, 2.45) is 13.0 Å². The molecule has 28 heavy (non-hydrogen) atoms. The minimum atomic E-state index is 0.0845. The van der Waals surface area contributed by atoms with Crippen LogP contribution in [0.15, 0.2) is 67.3 Å². The van der Waals surface area contributed by atoms with Gasteiger partial charge in [0.25, 0.3) is 0 Å². The summed E-state index contributed by atoms with van der Waals surface area (Å²) in [5.41, 5.74) is 4.05. The van der Waals surface area contributed by atoms with Gasteiger partial charge in [0.15, 0.2) is 0 Å². The van der Waals surface area contributed by atoms with Crippen LogP contribution in [0.3, 0.4) is 0 Å². The fourth-order valence-electron chi connectivity index (χ4n) is 3.83. The average Bonchev–Trinajstić information content (AvgIpc) is 3.32. The van der Waals surface area contributed by atoms with Crippen molar-refractivity contribution < 1.29 is 5.11 Å². The number of imidazole rings is 1. The summed E-state index contributed by atoms with van der Waals surface area (Å²) in [6.07, 6.45) is 5.87. The number of hydrogen-bond acceptors (Lipinski definition) is 4. The Morgan fingerprint density at radius 2 is 1.71 bits per heavy atom. The third kappa shape index (κ3) is 2.87. The zero-order chi connectivity index (χ0) is 19.1. The minimum absolute atomic E-state index is 0.0845. The van der Waals surface area contributed by atoms with E-state index in [2.05, 4.69) is 26.8 Å². The largest absolute Gasteiger partial charge is 0.508 e. The molecule has 6 heteroatoms. The number of aromatic hydroxyl groups is 1. The maximum absolute atomic E-state index is 9.76. The lowest BCUT2D eigenvalue weighted by molar-refractivity contribution is 0.471. The summed E-state index contributed by atoms with van der Waals surface area (Å²) in [4.78, 5) is 9.35. The molecule has 0 spiro atoms. The van der Waals surface area contributed by atoms with E-state index in [9.17, 15) is 5.11 Å². The van der Waals surface area contributed by atoms with Crippen molar-refractivity contribution in [1.82, 2.24) is 24.3 Å². The Kier molecular flexibility index (Phi) is 3.97. The summed E-state index contributed by atoms with van der Waals surface area (Å²) in [5, 5.41) is 14.1. The number of nitrogens with zero attached hydrogens (tertiary/aromatic N) is 5. The van der Waals surface area contributed by atoms with Crippen LogP contribution in [-0.4, -0.2) is 29.4 Å². The van der Waals surface area contributed by atoms with E-state index < -0.39 is 0 Å². The van der Waals surface area contributed by atoms with Gasteiger partial charge in [0.05, 0.1) is 23.8 Å². The fraction of sp³-hybridized carbons (Fsp3) is 0.227. The zero-order valence-electron chi connectivity index (χ0n) is 15.6. The number of aryl methyl sites for hydroxylation is 1. The SMILES string of the molecule is Cn1ncnc1C(C1CC1)n1cnc(-c2ccccc2)c1-c1ccc(O)cc1. The number of hydrogen-bond donors (Lipinski definition) is 1. The fourth-order valence-corrected chi connectivity index (χ4v) is 3.83. The molecule has 1 aliphatic rings. The molecule has 1 unspecified atom stereocenters. The van der Waals surface area contributed by atoms with E-state index in [0.29, 0.717) is 5.92 Å². The topological polar surface area (TPSA) is 68.8 Å². The van der Waals surface area contributed by atoms with Crippen LogP contribution in [0.4, 0.5) is 0 Å². The van der Waals surface area contributed by atoms with E-state index in [-0.39, 0.29) is 11.8 Å². The second kappa shape index (κ2) is 6.64. The number of aromatic nitrogens is 5. The van der Waals surface area contributed by atoms with E-state index in [1.807, 2.05) is 48.4 Å². The van der Waals surface area contributed by atoms with Gasteiger partial charge in [0.2, 0.25) is 0 Å². The molecule has 4 aromatic rings. The maximum atomic E-state index is 9.76. The van der Waals surface area contributed by atoms with Crippen LogP contribution in [-0.2, 0) is 7.05 Å². The molecule has 5 rings (SSSR count). The lowest BCUT2D eigenvalue weighted by Gasteiger charge is -2.21. The highest BCUT2D eigenvalue weighted by Gasteiger charge is 2.38. The number of phenolic OH excluding ortho intramolecular Hbond substituents is 1. The van der Waals surface area contributed by atoms with Crippen molar-refractivity contribution >= 4 is 0 Å². The summed E-state index contributed by atoms with van der Waals surface area (Å²) in [5.74, 6) is 1.72. The molecule has 1 atom stereocenters. The summed E-state index contributed by atoms with van der Waals surface area (Å²) < 4.78 is 4.09. The van der Waals surface area contributed by atoms with Crippen LogP contribution < -0.4 is 0 Å². The molecule has 0 radical (unpaired) electrons. The molecule has 140 valence electrons. The molecular formula is C22H21N5O. The molecule has 1 fully saturated rings. The van der Waals surface area contributed by atoms with Gasteiger partial charge in [-0.15, -0.1) is 0 Å². The van der Waals surface area contributed by atoms with Gasteiger partial charge in [-0.3, -0.25) is 4.68 Å². The molecule has 0 aliphatic heterocycles. The summed E-state index contributed by atoms with van der Waals surface area (Å²) >= 11 is 0. The number of phenols is 1. The number of benzene rings is 2. The van der Waals surface area contributed by atoms with E-state index in [4.69, 9.17) is 4.98 Å². The Morgan fingerprint density at radius 3 is 2.36 bits per heavy atom. The lowest BCUT2D eigenvalue weighted by Crippen LogP contribution is -2.18. The first kappa shape index (κ1) is 16.7. The summed E-state index contributed by atoms with van der Waals surface area (Å²) in [6.45, 7) is 0. The highest BCUT2D eigenvalue weighted by atomic mass is 16.3. The van der Waals surface area contributed by atoms with Crippen LogP contribution >= 0.6 is 0 Å². The third-order valence-electron chi connectivity index (χ3n) is 5.36. The van der Waals surface area contributed by atoms with E-state index in [1.54, 1.807) is 18.5 Å². The third-order valence-corrected chi connectivity index (χ3v) is 5.36. The van der Waals surface area contributed by atoms with E-state index >= 15 is 0 Å². The van der Waals surface area contributed by atoms with Gasteiger partial charge in [-0.2, -0.15) is 5.10 Å². The van der Waals surface area contributed by atoms with Crippen molar-refractivity contribution in [1.29, 1.82) is 0 Å². The van der Waals surface area contributed by atoms with E-state index in [1.165, 1.54) is 12.8 Å². The summed E-state index contributed by atoms with van der Waals surface area (Å²) in [7, 11) is 1.94. The molecule has 0 amide bonds. The molecule has 1 N–H and O–H groups in total. The van der Waals surface area contributed by atoms with Crippen LogP contribution in [0, 0.1) is 5.92 Å². The molecular weight excluding hydrogens is 350 g/mol. The maximum Gasteiger partial charge on any atom is 0.150 e. The number of rotatable bonds is 5. The van der Waals surface area contributed by atoms with Gasteiger partial charge in [0.1, 0.15) is 17.9 Å². The van der Waals surface area contributed by atoms with Crippen molar-refractivity contribution in [2.45, 2.75) is 18.9 Å². The van der Waals surface area contributed by atoms with Gasteiger partial charge in [-0.1, -0.05) is 30.3 Å². The predicted octanol–water partition coefficient (Wildman–Crippen LogP) is 4.05. The Labute approximate surface area is 163 Å². The van der Waals surface area contributed by atoms with Crippen LogP contribution in [0.1, 0.15) is 24.7 Å². The minimum Gasteiger partial charge on any atom is -0.508 e. The van der Waals surface area contributed by atoms with Crippen molar-refractivity contribution in [3.05, 3.63) is 73.1 Å². The predicted molar refractivity (Wildman–Crippen MR) is 107 cm³/mol. The van der Waals surface area contributed by atoms with Gasteiger partial charge < -0.3 is 9.67 Å². The average molecular weight is 371 g/mol. The smallest absolute Gasteiger partial charge is 0.150 e. The molecule has 2 heterocycles. The van der Waals surface area contributed by atoms with Crippen molar-refractivity contribution in [2.75, 3.05) is 0 Å². The van der Waals surface area contributed by atoms with Gasteiger partial charge in [-0.25, -0.2) is 9.97 Å². The highest BCUT2D eigenvalue weighted by Crippen LogP contribution is 2.46. The summed E-state index contributed by atoms with van der Waals surface area (Å²) in [6, 6.07) is 17.6. The van der Waals surface area contributed by atoms with Crippen molar-refractivity contribution in [3.63, 3.8) is 0 Å². The molecule has 2 aromatic heterocycles. The molecule has 0 bridgehead atoms. The van der Waals surface area contributed by atoms with Crippen molar-refractivity contribution in [3.8, 4) is 28.3 Å². The Bertz CT molecular complexity index is 1090. The monoisotopic (exact) mass is 371 g/mol. The van der Waals surface area contributed by atoms with Gasteiger partial charge in [0, 0.05) is 18.2 Å². The molecule has 1 aliphatic carbocycles. The van der Waals surface area contributed by atoms with Crippen LogP contribution in [0.5, 0.6) is 5.75 Å². The van der Waals surface area contributed by atoms with Crippen LogP contribution in [0.25, 0.3) is 22.5 Å². The molecule has 0 saturated heterocycles. The molecule has 6 nitrogen and oxygen atoms in total.